The van der Waals surface area contributed by atoms with Gasteiger partial charge in [0.1, 0.15) is 0 Å². The van der Waals surface area contributed by atoms with Gasteiger partial charge in [-0.3, -0.25) is 0 Å². The Hall–Kier alpha value is -0.870. The molecule has 1 unspecified atom stereocenters. The molecule has 0 rings (SSSR count). The van der Waals surface area contributed by atoms with Crippen molar-refractivity contribution in [3.8, 4) is 0 Å². The number of hydrogen-bond donors (Lipinski definition) is 2. The maximum Gasteiger partial charge on any atom is 0.330 e. The molecule has 0 heterocycles. The van der Waals surface area contributed by atoms with Gasteiger partial charge in [-0.25, -0.2) is 4.79 Å². The summed E-state index contributed by atoms with van der Waals surface area (Å²) in [6, 6.07) is 0. The van der Waals surface area contributed by atoms with E-state index in [1.165, 1.54) is 13.0 Å². The first-order valence-electron chi connectivity index (χ1n) is 4.94. The fourth-order valence-electron chi connectivity index (χ4n) is 0.814. The van der Waals surface area contributed by atoms with Gasteiger partial charge in [-0.15, -0.1) is 0 Å². The maximum absolute atomic E-state index is 10.4. The van der Waals surface area contributed by atoms with E-state index in [4.69, 9.17) is 9.84 Å². The van der Waals surface area contributed by atoms with Crippen LogP contribution in [0, 0.1) is 0 Å². The van der Waals surface area contributed by atoms with Crippen molar-refractivity contribution in [2.45, 2.75) is 45.8 Å². The topological polar surface area (TPSA) is 66.8 Å². The van der Waals surface area contributed by atoms with Crippen LogP contribution in [-0.2, 0) is 9.53 Å². The second-order valence-corrected chi connectivity index (χ2v) is 4.51. The molecule has 0 aliphatic carbocycles. The zero-order chi connectivity index (χ0) is 12.1. The number of carboxylic acid groups (broad SMARTS) is 1. The fourth-order valence-corrected chi connectivity index (χ4v) is 0.814. The highest BCUT2D eigenvalue weighted by atomic mass is 16.5. The minimum atomic E-state index is -0.959. The summed E-state index contributed by atoms with van der Waals surface area (Å²) < 4.78 is 5.36. The average Bonchev–Trinajstić information content (AvgIpc) is 2.09. The number of carboxylic acids is 1. The van der Waals surface area contributed by atoms with Crippen LogP contribution in [-0.4, -0.2) is 34.5 Å². The highest BCUT2D eigenvalue weighted by molar-refractivity contribution is 5.85. The van der Waals surface area contributed by atoms with E-state index in [9.17, 15) is 9.90 Å². The maximum atomic E-state index is 10.4. The molecule has 4 nitrogen and oxygen atoms in total. The molecule has 0 aromatic rings. The number of carbonyl (C=O) groups is 1. The lowest BCUT2D eigenvalue weighted by molar-refractivity contribution is -0.132. The molecule has 0 aromatic heterocycles. The van der Waals surface area contributed by atoms with Crippen molar-refractivity contribution in [3.05, 3.63) is 11.6 Å². The van der Waals surface area contributed by atoms with Gasteiger partial charge < -0.3 is 14.9 Å². The van der Waals surface area contributed by atoms with Crippen LogP contribution in [0.2, 0.25) is 0 Å². The van der Waals surface area contributed by atoms with Crippen molar-refractivity contribution in [2.24, 2.45) is 0 Å². The summed E-state index contributed by atoms with van der Waals surface area (Å²) in [6.07, 6.45) is 1.14. The van der Waals surface area contributed by atoms with Crippen LogP contribution in [0.3, 0.4) is 0 Å². The minimum absolute atomic E-state index is 0.215. The first kappa shape index (κ1) is 14.1. The van der Waals surface area contributed by atoms with Gasteiger partial charge in [0.05, 0.1) is 18.3 Å². The molecule has 2 N–H and O–H groups in total. The van der Waals surface area contributed by atoms with Crippen molar-refractivity contribution in [3.63, 3.8) is 0 Å². The van der Waals surface area contributed by atoms with Gasteiger partial charge in [0.2, 0.25) is 0 Å². The summed E-state index contributed by atoms with van der Waals surface area (Å²) in [5, 5.41) is 18.1. The van der Waals surface area contributed by atoms with E-state index in [2.05, 4.69) is 0 Å². The summed E-state index contributed by atoms with van der Waals surface area (Å²) in [7, 11) is 0. The molecule has 15 heavy (non-hydrogen) atoms. The normalized spacial score (nSPS) is 15.1. The van der Waals surface area contributed by atoms with E-state index in [1.807, 2.05) is 20.8 Å². The van der Waals surface area contributed by atoms with Crippen molar-refractivity contribution in [1.29, 1.82) is 0 Å². The molecule has 0 aliphatic rings. The second kappa shape index (κ2) is 5.88. The Morgan fingerprint density at radius 3 is 2.40 bits per heavy atom. The van der Waals surface area contributed by atoms with E-state index >= 15 is 0 Å². The number of aliphatic hydroxyl groups is 1. The molecular weight excluding hydrogens is 196 g/mol. The molecule has 0 aromatic carbocycles. The van der Waals surface area contributed by atoms with E-state index in [-0.39, 0.29) is 17.8 Å². The zero-order valence-electron chi connectivity index (χ0n) is 9.78. The highest BCUT2D eigenvalue weighted by Crippen LogP contribution is 2.09. The lowest BCUT2D eigenvalue weighted by atomic mass is 10.1. The average molecular weight is 216 g/mol. The molecular formula is C11H20O4. The molecule has 1 atom stereocenters. The number of rotatable bonds is 5. The smallest absolute Gasteiger partial charge is 0.330 e. The molecule has 0 bridgehead atoms. The summed E-state index contributed by atoms with van der Waals surface area (Å²) in [5.74, 6) is -0.959. The number of aliphatic carboxylic acids is 1. The van der Waals surface area contributed by atoms with Gasteiger partial charge in [-0.05, 0) is 34.1 Å². The molecule has 4 heteroatoms. The van der Waals surface area contributed by atoms with Gasteiger partial charge in [0, 0.05) is 5.57 Å². The van der Waals surface area contributed by atoms with E-state index in [0.717, 1.165) is 0 Å². The van der Waals surface area contributed by atoms with Crippen molar-refractivity contribution < 1.29 is 19.7 Å². The largest absolute Gasteiger partial charge is 0.478 e. The molecule has 0 saturated heterocycles. The Morgan fingerprint density at radius 2 is 2.00 bits per heavy atom. The summed E-state index contributed by atoms with van der Waals surface area (Å²) in [6.45, 7) is 7.42. The SMILES string of the molecule is C/C(=C\CC(O)COC(C)(C)C)C(=O)O. The lowest BCUT2D eigenvalue weighted by Crippen LogP contribution is -2.25. The number of ether oxygens (including phenoxy) is 1. The zero-order valence-corrected chi connectivity index (χ0v) is 9.78. The number of aliphatic hydroxyl groups excluding tert-OH is 1. The van der Waals surface area contributed by atoms with Crippen LogP contribution >= 0.6 is 0 Å². The molecule has 0 aliphatic heterocycles. The fraction of sp³-hybridized carbons (Fsp3) is 0.727. The van der Waals surface area contributed by atoms with Crippen LogP contribution < -0.4 is 0 Å². The quantitative estimate of drug-likeness (QED) is 0.685. The first-order chi connectivity index (χ1) is 6.72. The summed E-state index contributed by atoms with van der Waals surface area (Å²) >= 11 is 0. The van der Waals surface area contributed by atoms with E-state index < -0.39 is 12.1 Å². The van der Waals surface area contributed by atoms with Crippen molar-refractivity contribution in [1.82, 2.24) is 0 Å². The molecule has 0 amide bonds. The molecule has 0 fully saturated rings. The van der Waals surface area contributed by atoms with Crippen LogP contribution in [0.1, 0.15) is 34.1 Å². The third-order valence-corrected chi connectivity index (χ3v) is 1.74. The highest BCUT2D eigenvalue weighted by Gasteiger charge is 2.13. The van der Waals surface area contributed by atoms with Gasteiger partial charge >= 0.3 is 5.97 Å². The third-order valence-electron chi connectivity index (χ3n) is 1.74. The summed E-state index contributed by atoms with van der Waals surface area (Å²) in [5.41, 5.74) is -0.0446. The molecule has 0 spiro atoms. The van der Waals surface area contributed by atoms with Crippen molar-refractivity contribution in [2.75, 3.05) is 6.61 Å². The Bertz CT molecular complexity index is 237. The molecule has 88 valence electrons. The Balaban J connectivity index is 3.90. The second-order valence-electron chi connectivity index (χ2n) is 4.51. The van der Waals surface area contributed by atoms with Gasteiger partial charge in [0.15, 0.2) is 0 Å². The van der Waals surface area contributed by atoms with Crippen LogP contribution in [0.5, 0.6) is 0 Å². The Kier molecular flexibility index (Phi) is 5.54. The Morgan fingerprint density at radius 1 is 1.47 bits per heavy atom. The lowest BCUT2D eigenvalue weighted by Gasteiger charge is -2.21. The molecule has 0 radical (unpaired) electrons. The number of hydrogen-bond acceptors (Lipinski definition) is 3. The van der Waals surface area contributed by atoms with E-state index in [0.29, 0.717) is 6.42 Å². The summed E-state index contributed by atoms with van der Waals surface area (Å²) in [4.78, 5) is 10.4. The van der Waals surface area contributed by atoms with Gasteiger partial charge in [-0.1, -0.05) is 6.08 Å². The standard InChI is InChI=1S/C11H20O4/c1-8(10(13)14)5-6-9(12)7-15-11(2,3)4/h5,9,12H,6-7H2,1-4H3,(H,13,14)/b8-5+. The van der Waals surface area contributed by atoms with Gasteiger partial charge in [-0.2, -0.15) is 0 Å². The monoisotopic (exact) mass is 216 g/mol. The van der Waals surface area contributed by atoms with Crippen LogP contribution in [0.15, 0.2) is 11.6 Å². The van der Waals surface area contributed by atoms with Crippen LogP contribution in [0.4, 0.5) is 0 Å². The first-order valence-corrected chi connectivity index (χ1v) is 4.94. The van der Waals surface area contributed by atoms with Gasteiger partial charge in [0.25, 0.3) is 0 Å². The predicted octanol–water partition coefficient (Wildman–Crippen LogP) is 1.58. The molecule has 0 saturated carbocycles. The Labute approximate surface area is 90.6 Å². The minimum Gasteiger partial charge on any atom is -0.478 e. The third kappa shape index (κ3) is 8.15. The van der Waals surface area contributed by atoms with Crippen LogP contribution in [0.25, 0.3) is 0 Å². The van der Waals surface area contributed by atoms with Crippen molar-refractivity contribution >= 4 is 5.97 Å². The van der Waals surface area contributed by atoms with E-state index in [1.54, 1.807) is 0 Å². The predicted molar refractivity (Wildman–Crippen MR) is 57.7 cm³/mol.